The van der Waals surface area contributed by atoms with E-state index in [0.717, 1.165) is 9.87 Å². The fourth-order valence-electron chi connectivity index (χ4n) is 2.96. The highest BCUT2D eigenvalue weighted by atomic mass is 32.2. The van der Waals surface area contributed by atoms with Crippen LogP contribution < -0.4 is 9.03 Å². The summed E-state index contributed by atoms with van der Waals surface area (Å²) in [7, 11) is -7.53. The number of hydrogen-bond acceptors (Lipinski definition) is 5. The number of carbonyl (C=O) groups excluding carboxylic acids is 1. The quantitative estimate of drug-likeness (QED) is 0.816. The number of benzene rings is 2. The van der Waals surface area contributed by atoms with Gasteiger partial charge in [-0.05, 0) is 36.8 Å². The summed E-state index contributed by atoms with van der Waals surface area (Å²) in [4.78, 5) is 12.1. The second-order valence-corrected chi connectivity index (χ2v) is 10.1. The largest absolute Gasteiger partial charge is 0.273 e. The van der Waals surface area contributed by atoms with E-state index < -0.39 is 37.9 Å². The van der Waals surface area contributed by atoms with Gasteiger partial charge in [-0.2, -0.15) is 0 Å². The van der Waals surface area contributed by atoms with Crippen molar-refractivity contribution in [3.63, 3.8) is 0 Å². The monoisotopic (exact) mass is 408 g/mol. The van der Waals surface area contributed by atoms with Gasteiger partial charge < -0.3 is 0 Å². The predicted octanol–water partition coefficient (Wildman–Crippen LogP) is 2.04. The van der Waals surface area contributed by atoms with E-state index in [9.17, 15) is 21.6 Å². The summed E-state index contributed by atoms with van der Waals surface area (Å²) in [5, 5.41) is 0. The number of rotatable bonds is 5. The zero-order valence-corrected chi connectivity index (χ0v) is 16.5. The van der Waals surface area contributed by atoms with E-state index in [4.69, 9.17) is 0 Å². The summed E-state index contributed by atoms with van der Waals surface area (Å²) < 4.78 is 52.8. The van der Waals surface area contributed by atoms with Crippen molar-refractivity contribution < 1.29 is 21.6 Å². The van der Waals surface area contributed by atoms with Crippen LogP contribution in [0.25, 0.3) is 0 Å². The first-order valence-electron chi connectivity index (χ1n) is 8.36. The van der Waals surface area contributed by atoms with Crippen molar-refractivity contribution in [2.45, 2.75) is 24.8 Å². The molecule has 2 atom stereocenters. The van der Waals surface area contributed by atoms with Gasteiger partial charge in [-0.1, -0.05) is 37.3 Å². The molecule has 2 aromatic rings. The van der Waals surface area contributed by atoms with Gasteiger partial charge in [0.2, 0.25) is 26.0 Å². The number of carbonyl (C=O) groups is 1. The van der Waals surface area contributed by atoms with Gasteiger partial charge >= 0.3 is 0 Å². The number of amides is 1. The van der Waals surface area contributed by atoms with Crippen molar-refractivity contribution in [2.24, 2.45) is 5.92 Å². The first-order valence-corrected chi connectivity index (χ1v) is 11.5. The summed E-state index contributed by atoms with van der Waals surface area (Å²) in [6.45, 7) is 3.28. The molecule has 3 rings (SSSR count). The summed E-state index contributed by atoms with van der Waals surface area (Å²) in [5.74, 6) is -1.38. The number of nitrogens with one attached hydrogen (secondary N) is 1. The van der Waals surface area contributed by atoms with Crippen LogP contribution in [0.2, 0.25) is 0 Å². The molecule has 0 aromatic heterocycles. The Morgan fingerprint density at radius 3 is 2.19 bits per heavy atom. The Balaban J connectivity index is 1.83. The van der Waals surface area contributed by atoms with Crippen LogP contribution in [0.15, 0.2) is 59.5 Å². The molecule has 1 aliphatic rings. The lowest BCUT2D eigenvalue weighted by Gasteiger charge is -2.17. The van der Waals surface area contributed by atoms with Crippen molar-refractivity contribution in [2.75, 3.05) is 10.1 Å². The fraction of sp³-hybridized carbons (Fsp3) is 0.278. The summed E-state index contributed by atoms with van der Waals surface area (Å²) in [5.41, 5.74) is 0.958. The Labute approximate surface area is 159 Å². The van der Waals surface area contributed by atoms with Crippen LogP contribution in [0, 0.1) is 5.92 Å². The van der Waals surface area contributed by atoms with Crippen molar-refractivity contribution in [3.8, 4) is 0 Å². The molecule has 1 heterocycles. The standard InChI is InChI=1S/C18H20N2O5S2/c1-13-12-26(22,23)20(18(13)21)16-8-10-17(11-9-16)27(24,25)19-14(2)15-6-4-3-5-7-15/h3-11,13-14,19H,12H2,1-2H3. The summed E-state index contributed by atoms with van der Waals surface area (Å²) in [6.07, 6.45) is 0. The van der Waals surface area contributed by atoms with Gasteiger partial charge in [0.15, 0.2) is 0 Å². The Morgan fingerprint density at radius 2 is 1.67 bits per heavy atom. The maximum Gasteiger partial charge on any atom is 0.244 e. The molecule has 1 N–H and O–H groups in total. The van der Waals surface area contributed by atoms with Gasteiger partial charge in [0.25, 0.3) is 0 Å². The van der Waals surface area contributed by atoms with E-state index in [1.54, 1.807) is 13.8 Å². The molecule has 0 saturated carbocycles. The molecule has 0 aliphatic carbocycles. The van der Waals surface area contributed by atoms with Gasteiger partial charge in [0.05, 0.1) is 22.3 Å². The molecule has 7 nitrogen and oxygen atoms in total. The Bertz CT molecular complexity index is 1050. The van der Waals surface area contributed by atoms with Crippen LogP contribution in [-0.2, 0) is 24.8 Å². The van der Waals surface area contributed by atoms with E-state index in [0.29, 0.717) is 0 Å². The SMILES string of the molecule is CC1CS(=O)(=O)N(c2ccc(S(=O)(=O)NC(C)c3ccccc3)cc2)C1=O. The average Bonchev–Trinajstić information content (AvgIpc) is 2.82. The number of sulfonamides is 2. The highest BCUT2D eigenvalue weighted by molar-refractivity contribution is 7.94. The molecule has 1 amide bonds. The van der Waals surface area contributed by atoms with Crippen LogP contribution in [0.3, 0.4) is 0 Å². The van der Waals surface area contributed by atoms with Gasteiger partial charge in [-0.25, -0.2) is 25.9 Å². The molecule has 1 saturated heterocycles. The van der Waals surface area contributed by atoms with Crippen LogP contribution in [-0.4, -0.2) is 28.5 Å². The summed E-state index contributed by atoms with van der Waals surface area (Å²) >= 11 is 0. The molecule has 27 heavy (non-hydrogen) atoms. The molecule has 1 aliphatic heterocycles. The lowest BCUT2D eigenvalue weighted by molar-refractivity contribution is -0.119. The third kappa shape index (κ3) is 3.90. The van der Waals surface area contributed by atoms with E-state index >= 15 is 0 Å². The molecule has 144 valence electrons. The molecular formula is C18H20N2O5S2. The van der Waals surface area contributed by atoms with Crippen molar-refractivity contribution in [1.29, 1.82) is 0 Å². The van der Waals surface area contributed by atoms with E-state index in [1.807, 2.05) is 30.3 Å². The van der Waals surface area contributed by atoms with Crippen molar-refractivity contribution in [3.05, 3.63) is 60.2 Å². The minimum atomic E-state index is -3.80. The minimum absolute atomic E-state index is 0.00822. The van der Waals surface area contributed by atoms with Gasteiger partial charge in [-0.3, -0.25) is 4.79 Å². The van der Waals surface area contributed by atoms with Gasteiger partial charge in [-0.15, -0.1) is 0 Å². The Hall–Kier alpha value is -2.23. The second kappa shape index (κ2) is 7.06. The zero-order valence-electron chi connectivity index (χ0n) is 14.9. The molecule has 9 heteroatoms. The van der Waals surface area contributed by atoms with E-state index in [-0.39, 0.29) is 16.3 Å². The smallest absolute Gasteiger partial charge is 0.244 e. The van der Waals surface area contributed by atoms with Crippen molar-refractivity contribution >= 4 is 31.6 Å². The minimum Gasteiger partial charge on any atom is -0.273 e. The second-order valence-electron chi connectivity index (χ2n) is 6.53. The average molecular weight is 409 g/mol. The third-order valence-corrected chi connectivity index (χ3v) is 7.80. The molecule has 0 bridgehead atoms. The van der Waals surface area contributed by atoms with Crippen LogP contribution in [0.5, 0.6) is 0 Å². The van der Waals surface area contributed by atoms with Gasteiger partial charge in [0, 0.05) is 6.04 Å². The maximum atomic E-state index is 12.6. The molecular weight excluding hydrogens is 388 g/mol. The predicted molar refractivity (Wildman–Crippen MR) is 102 cm³/mol. The highest BCUT2D eigenvalue weighted by Crippen LogP contribution is 2.29. The first kappa shape index (κ1) is 19.5. The first-order chi connectivity index (χ1) is 12.6. The number of nitrogens with zero attached hydrogens (tertiary/aromatic N) is 1. The van der Waals surface area contributed by atoms with Gasteiger partial charge in [0.1, 0.15) is 0 Å². The molecule has 0 radical (unpaired) electrons. The normalized spacial score (nSPS) is 20.6. The van der Waals surface area contributed by atoms with Crippen LogP contribution in [0.4, 0.5) is 5.69 Å². The Morgan fingerprint density at radius 1 is 1.07 bits per heavy atom. The molecule has 2 unspecified atom stereocenters. The molecule has 2 aromatic carbocycles. The van der Waals surface area contributed by atoms with Crippen LogP contribution in [0.1, 0.15) is 25.5 Å². The lowest BCUT2D eigenvalue weighted by Crippen LogP contribution is -2.30. The summed E-state index contributed by atoms with van der Waals surface area (Å²) in [6, 6.07) is 13.9. The third-order valence-electron chi connectivity index (χ3n) is 4.37. The van der Waals surface area contributed by atoms with E-state index in [1.165, 1.54) is 24.3 Å². The highest BCUT2D eigenvalue weighted by Gasteiger charge is 2.42. The topological polar surface area (TPSA) is 101 Å². The number of anilines is 1. The van der Waals surface area contributed by atoms with E-state index in [2.05, 4.69) is 4.72 Å². The maximum absolute atomic E-state index is 12.6. The molecule has 0 spiro atoms. The lowest BCUT2D eigenvalue weighted by atomic mass is 10.1. The van der Waals surface area contributed by atoms with Crippen LogP contribution >= 0.6 is 0 Å². The number of hydrogen-bond donors (Lipinski definition) is 1. The fourth-order valence-corrected chi connectivity index (χ4v) is 6.01. The zero-order chi connectivity index (χ0) is 19.8. The van der Waals surface area contributed by atoms with Crippen molar-refractivity contribution in [1.82, 2.24) is 4.72 Å². The molecule has 1 fully saturated rings. The Kier molecular flexibility index (Phi) is 5.11.